The van der Waals surface area contributed by atoms with E-state index in [0.717, 1.165) is 22.4 Å². The number of aromatic nitrogens is 2. The van der Waals surface area contributed by atoms with Gasteiger partial charge < -0.3 is 10.3 Å². The van der Waals surface area contributed by atoms with E-state index in [4.69, 9.17) is 4.98 Å². The number of hydrogen-bond acceptors (Lipinski definition) is 2. The summed E-state index contributed by atoms with van der Waals surface area (Å²) in [5.74, 6) is 1.07. The minimum Gasteiger partial charge on any atom is -0.341 e. The van der Waals surface area contributed by atoms with Gasteiger partial charge in [0.15, 0.2) is 0 Å². The van der Waals surface area contributed by atoms with E-state index in [0.29, 0.717) is 5.92 Å². The van der Waals surface area contributed by atoms with Crippen LogP contribution < -0.4 is 5.32 Å². The lowest BCUT2D eigenvalue weighted by Crippen LogP contribution is -2.29. The van der Waals surface area contributed by atoms with E-state index in [1.165, 1.54) is 6.07 Å². The van der Waals surface area contributed by atoms with Crippen molar-refractivity contribution >= 4 is 11.0 Å². The Labute approximate surface area is 136 Å². The average Bonchev–Trinajstić information content (AvgIpc) is 2.95. The number of nitrogens with zero attached hydrogens (tertiary/aromatic N) is 1. The van der Waals surface area contributed by atoms with Gasteiger partial charge in [-0.3, -0.25) is 0 Å². The molecule has 0 saturated carbocycles. The van der Waals surface area contributed by atoms with Gasteiger partial charge >= 0.3 is 0 Å². The standard InChI is InChI=1S/C19H22FN3/c1-12(2)18(19-22-16-9-4-5-10-17(16)23-19)21-13(3)14-7-6-8-15(20)11-14/h4-13,18,21H,1-3H3,(H,22,23)/t13-,18+/m1/s1. The van der Waals surface area contributed by atoms with Crippen LogP contribution in [0.25, 0.3) is 11.0 Å². The molecule has 3 rings (SSSR count). The predicted octanol–water partition coefficient (Wildman–Crippen LogP) is 4.75. The molecule has 0 aliphatic rings. The zero-order valence-electron chi connectivity index (χ0n) is 13.7. The molecular formula is C19H22FN3. The summed E-state index contributed by atoms with van der Waals surface area (Å²) in [6, 6.07) is 14.8. The molecule has 0 saturated heterocycles. The molecular weight excluding hydrogens is 289 g/mol. The highest BCUT2D eigenvalue weighted by molar-refractivity contribution is 5.74. The summed E-state index contributed by atoms with van der Waals surface area (Å²) >= 11 is 0. The van der Waals surface area contributed by atoms with Gasteiger partial charge in [-0.2, -0.15) is 0 Å². The van der Waals surface area contributed by atoms with Gasteiger partial charge in [0.1, 0.15) is 11.6 Å². The summed E-state index contributed by atoms with van der Waals surface area (Å²) in [6.45, 7) is 6.36. The average molecular weight is 311 g/mol. The number of halogens is 1. The summed E-state index contributed by atoms with van der Waals surface area (Å²) in [5, 5.41) is 3.58. The van der Waals surface area contributed by atoms with Crippen LogP contribution in [0.2, 0.25) is 0 Å². The third-order valence-corrected chi connectivity index (χ3v) is 4.15. The zero-order valence-corrected chi connectivity index (χ0v) is 13.7. The fourth-order valence-corrected chi connectivity index (χ4v) is 2.85. The van der Waals surface area contributed by atoms with Crippen molar-refractivity contribution in [1.29, 1.82) is 0 Å². The maximum absolute atomic E-state index is 13.4. The SMILES string of the molecule is CC(C)[C@H](N[C@H](C)c1cccc(F)c1)c1nc2ccccc2[nH]1. The van der Waals surface area contributed by atoms with Crippen molar-refractivity contribution in [3.63, 3.8) is 0 Å². The monoisotopic (exact) mass is 311 g/mol. The highest BCUT2D eigenvalue weighted by Gasteiger charge is 2.22. The van der Waals surface area contributed by atoms with Gasteiger partial charge in [-0.1, -0.05) is 38.1 Å². The smallest absolute Gasteiger partial charge is 0.124 e. The molecule has 0 aliphatic carbocycles. The summed E-state index contributed by atoms with van der Waals surface area (Å²) in [6.07, 6.45) is 0. The number of para-hydroxylation sites is 2. The molecule has 0 unspecified atom stereocenters. The van der Waals surface area contributed by atoms with Gasteiger partial charge in [-0.15, -0.1) is 0 Å². The zero-order chi connectivity index (χ0) is 16.4. The number of fused-ring (bicyclic) bond motifs is 1. The lowest BCUT2D eigenvalue weighted by molar-refractivity contribution is 0.361. The summed E-state index contributed by atoms with van der Waals surface area (Å²) in [4.78, 5) is 8.10. The normalized spacial score (nSPS) is 14.3. The van der Waals surface area contributed by atoms with Gasteiger partial charge in [-0.05, 0) is 42.7 Å². The largest absolute Gasteiger partial charge is 0.341 e. The van der Waals surface area contributed by atoms with Crippen LogP contribution in [0.5, 0.6) is 0 Å². The van der Waals surface area contributed by atoms with E-state index >= 15 is 0 Å². The van der Waals surface area contributed by atoms with Crippen molar-refractivity contribution in [2.75, 3.05) is 0 Å². The molecule has 0 amide bonds. The molecule has 3 nitrogen and oxygen atoms in total. The van der Waals surface area contributed by atoms with E-state index in [2.05, 4.69) is 24.1 Å². The maximum Gasteiger partial charge on any atom is 0.124 e. The van der Waals surface area contributed by atoms with Gasteiger partial charge in [0.05, 0.1) is 17.1 Å². The quantitative estimate of drug-likeness (QED) is 0.714. The van der Waals surface area contributed by atoms with Crippen LogP contribution >= 0.6 is 0 Å². The number of H-pyrrole nitrogens is 1. The van der Waals surface area contributed by atoms with E-state index in [1.54, 1.807) is 12.1 Å². The molecule has 3 aromatic rings. The molecule has 0 fully saturated rings. The fourth-order valence-electron chi connectivity index (χ4n) is 2.85. The lowest BCUT2D eigenvalue weighted by atomic mass is 10.0. The van der Waals surface area contributed by atoms with Crippen molar-refractivity contribution < 1.29 is 4.39 Å². The number of benzene rings is 2. The van der Waals surface area contributed by atoms with Gasteiger partial charge in [-0.25, -0.2) is 9.37 Å². The van der Waals surface area contributed by atoms with Crippen molar-refractivity contribution in [1.82, 2.24) is 15.3 Å². The summed E-state index contributed by atoms with van der Waals surface area (Å²) in [7, 11) is 0. The first kappa shape index (κ1) is 15.7. The molecule has 2 aromatic carbocycles. The van der Waals surface area contributed by atoms with E-state index in [9.17, 15) is 4.39 Å². The van der Waals surface area contributed by atoms with Gasteiger partial charge in [0.25, 0.3) is 0 Å². The second-order valence-corrected chi connectivity index (χ2v) is 6.30. The first-order valence-electron chi connectivity index (χ1n) is 8.00. The number of hydrogen-bond donors (Lipinski definition) is 2. The number of rotatable bonds is 5. The maximum atomic E-state index is 13.4. The molecule has 0 radical (unpaired) electrons. The van der Waals surface area contributed by atoms with Crippen molar-refractivity contribution in [3.05, 3.63) is 65.7 Å². The van der Waals surface area contributed by atoms with Crippen LogP contribution in [0.4, 0.5) is 4.39 Å². The number of aromatic amines is 1. The Morgan fingerprint density at radius 2 is 1.83 bits per heavy atom. The van der Waals surface area contributed by atoms with Crippen LogP contribution in [0.1, 0.15) is 44.2 Å². The van der Waals surface area contributed by atoms with Crippen LogP contribution in [-0.4, -0.2) is 9.97 Å². The van der Waals surface area contributed by atoms with Crippen LogP contribution in [-0.2, 0) is 0 Å². The molecule has 23 heavy (non-hydrogen) atoms. The Morgan fingerprint density at radius 1 is 1.04 bits per heavy atom. The molecule has 0 spiro atoms. The second kappa shape index (κ2) is 6.50. The highest BCUT2D eigenvalue weighted by Crippen LogP contribution is 2.26. The molecule has 120 valence electrons. The Bertz CT molecular complexity index is 761. The minimum absolute atomic E-state index is 0.0336. The van der Waals surface area contributed by atoms with E-state index in [-0.39, 0.29) is 17.9 Å². The summed E-state index contributed by atoms with van der Waals surface area (Å²) in [5.41, 5.74) is 2.94. The van der Waals surface area contributed by atoms with E-state index in [1.807, 2.05) is 37.3 Å². The molecule has 4 heteroatoms. The Kier molecular flexibility index (Phi) is 4.44. The first-order valence-corrected chi connectivity index (χ1v) is 8.00. The van der Waals surface area contributed by atoms with Gasteiger partial charge in [0.2, 0.25) is 0 Å². The van der Waals surface area contributed by atoms with Crippen LogP contribution in [0.3, 0.4) is 0 Å². The molecule has 1 aromatic heterocycles. The topological polar surface area (TPSA) is 40.7 Å². The predicted molar refractivity (Wildman–Crippen MR) is 91.6 cm³/mol. The number of imidazole rings is 1. The molecule has 2 N–H and O–H groups in total. The number of nitrogens with one attached hydrogen (secondary N) is 2. The molecule has 2 atom stereocenters. The van der Waals surface area contributed by atoms with Crippen molar-refractivity contribution in [2.24, 2.45) is 5.92 Å². The van der Waals surface area contributed by atoms with Crippen LogP contribution in [0.15, 0.2) is 48.5 Å². The Balaban J connectivity index is 1.87. The van der Waals surface area contributed by atoms with Crippen LogP contribution in [0, 0.1) is 11.7 Å². The molecule has 0 aliphatic heterocycles. The van der Waals surface area contributed by atoms with Gasteiger partial charge in [0, 0.05) is 6.04 Å². The van der Waals surface area contributed by atoms with Crippen molar-refractivity contribution in [2.45, 2.75) is 32.9 Å². The third kappa shape index (κ3) is 3.42. The first-order chi connectivity index (χ1) is 11.0. The third-order valence-electron chi connectivity index (χ3n) is 4.15. The fraction of sp³-hybridized carbons (Fsp3) is 0.316. The summed E-state index contributed by atoms with van der Waals surface area (Å²) < 4.78 is 13.4. The Morgan fingerprint density at radius 3 is 2.52 bits per heavy atom. The molecule has 0 bridgehead atoms. The minimum atomic E-state index is -0.207. The highest BCUT2D eigenvalue weighted by atomic mass is 19.1. The molecule has 1 heterocycles. The lowest BCUT2D eigenvalue weighted by Gasteiger charge is -2.25. The van der Waals surface area contributed by atoms with E-state index < -0.39 is 0 Å². The Hall–Kier alpha value is -2.20. The second-order valence-electron chi connectivity index (χ2n) is 6.30. The van der Waals surface area contributed by atoms with Crippen molar-refractivity contribution in [3.8, 4) is 0 Å².